The molecule has 1 aromatic carbocycles. The van der Waals surface area contributed by atoms with Crippen molar-refractivity contribution in [3.05, 3.63) is 35.9 Å². The van der Waals surface area contributed by atoms with Crippen molar-refractivity contribution in [2.45, 2.75) is 51.1 Å². The molecule has 3 rings (SSSR count). The van der Waals surface area contributed by atoms with Gasteiger partial charge in [0.2, 0.25) is 0 Å². The van der Waals surface area contributed by atoms with Crippen molar-refractivity contribution in [3.63, 3.8) is 0 Å². The Morgan fingerprint density at radius 2 is 2.00 bits per heavy atom. The van der Waals surface area contributed by atoms with Crippen LogP contribution in [-0.4, -0.2) is 30.1 Å². The predicted molar refractivity (Wildman–Crippen MR) is 84.6 cm³/mol. The number of nitrogens with zero attached hydrogens (tertiary/aromatic N) is 1. The lowest BCUT2D eigenvalue weighted by Gasteiger charge is -2.30. The van der Waals surface area contributed by atoms with Gasteiger partial charge in [0.1, 0.15) is 0 Å². The molecule has 20 heavy (non-hydrogen) atoms. The van der Waals surface area contributed by atoms with Crippen molar-refractivity contribution in [2.24, 2.45) is 17.6 Å². The van der Waals surface area contributed by atoms with Crippen LogP contribution in [0.3, 0.4) is 0 Å². The molecule has 4 unspecified atom stereocenters. The van der Waals surface area contributed by atoms with E-state index in [1.54, 1.807) is 0 Å². The number of fused-ring (bicyclic) bond motifs is 1. The Balaban J connectivity index is 1.65. The highest BCUT2D eigenvalue weighted by atomic mass is 15.2. The Hall–Kier alpha value is -0.860. The summed E-state index contributed by atoms with van der Waals surface area (Å²) in [6, 6.07) is 12.1. The van der Waals surface area contributed by atoms with Gasteiger partial charge in [-0.2, -0.15) is 0 Å². The van der Waals surface area contributed by atoms with E-state index in [-0.39, 0.29) is 0 Å². The van der Waals surface area contributed by atoms with Crippen molar-refractivity contribution >= 4 is 0 Å². The fraction of sp³-hybridized carbons (Fsp3) is 0.667. The fourth-order valence-corrected chi connectivity index (χ4v) is 4.27. The summed E-state index contributed by atoms with van der Waals surface area (Å²) in [6.07, 6.45) is 6.41. The third kappa shape index (κ3) is 2.91. The van der Waals surface area contributed by atoms with Gasteiger partial charge in [0, 0.05) is 25.2 Å². The second-order valence-electron chi connectivity index (χ2n) is 6.72. The van der Waals surface area contributed by atoms with E-state index < -0.39 is 0 Å². The second-order valence-corrected chi connectivity index (χ2v) is 6.72. The van der Waals surface area contributed by atoms with Gasteiger partial charge in [-0.25, -0.2) is 0 Å². The summed E-state index contributed by atoms with van der Waals surface area (Å²) < 4.78 is 0. The molecule has 110 valence electrons. The highest BCUT2D eigenvalue weighted by molar-refractivity contribution is 5.16. The number of hydrogen-bond donors (Lipinski definition) is 1. The lowest BCUT2D eigenvalue weighted by molar-refractivity contribution is 0.221. The highest BCUT2D eigenvalue weighted by Crippen LogP contribution is 2.37. The number of benzene rings is 1. The summed E-state index contributed by atoms with van der Waals surface area (Å²) in [7, 11) is 0. The Labute approximate surface area is 123 Å². The lowest BCUT2D eigenvalue weighted by atomic mass is 9.78. The van der Waals surface area contributed by atoms with Gasteiger partial charge in [-0.1, -0.05) is 43.7 Å². The smallest absolute Gasteiger partial charge is 0.0133 e. The van der Waals surface area contributed by atoms with Gasteiger partial charge < -0.3 is 5.73 Å². The third-order valence-electron chi connectivity index (χ3n) is 5.48. The van der Waals surface area contributed by atoms with Crippen LogP contribution >= 0.6 is 0 Å². The summed E-state index contributed by atoms with van der Waals surface area (Å²) in [5.74, 6) is 1.62. The predicted octanol–water partition coefficient (Wildman–Crippen LogP) is 3.07. The standard InChI is InChI=1S/C18H28N2/c1-2-16(11-14-7-4-3-5-8-14)20-12-15-9-6-10-18(19)17(15)13-20/h3-5,7-8,15-18H,2,6,9-13,19H2,1H3. The topological polar surface area (TPSA) is 29.3 Å². The van der Waals surface area contributed by atoms with E-state index >= 15 is 0 Å². The van der Waals surface area contributed by atoms with E-state index in [0.29, 0.717) is 12.1 Å². The molecule has 0 aromatic heterocycles. The molecular formula is C18H28N2. The number of rotatable bonds is 4. The molecule has 1 aliphatic carbocycles. The molecule has 1 aliphatic heterocycles. The average Bonchev–Trinajstić information content (AvgIpc) is 2.91. The van der Waals surface area contributed by atoms with E-state index in [0.717, 1.165) is 11.8 Å². The molecule has 4 atom stereocenters. The zero-order chi connectivity index (χ0) is 13.9. The van der Waals surface area contributed by atoms with E-state index in [9.17, 15) is 0 Å². The first-order valence-electron chi connectivity index (χ1n) is 8.31. The van der Waals surface area contributed by atoms with Gasteiger partial charge in [-0.05, 0) is 43.1 Å². The normalized spacial score (nSPS) is 32.0. The Bertz CT molecular complexity index is 417. The first kappa shape index (κ1) is 14.1. The first-order chi connectivity index (χ1) is 9.78. The van der Waals surface area contributed by atoms with Gasteiger partial charge in [0.15, 0.2) is 0 Å². The molecule has 2 N–H and O–H groups in total. The molecule has 0 spiro atoms. The molecule has 2 aliphatic rings. The summed E-state index contributed by atoms with van der Waals surface area (Å²) in [4.78, 5) is 2.73. The van der Waals surface area contributed by atoms with Crippen LogP contribution in [0.4, 0.5) is 0 Å². The molecule has 2 heteroatoms. The highest BCUT2D eigenvalue weighted by Gasteiger charge is 2.40. The molecule has 0 bridgehead atoms. The molecule has 1 aromatic rings. The van der Waals surface area contributed by atoms with Gasteiger partial charge in [-0.3, -0.25) is 4.90 Å². The van der Waals surface area contributed by atoms with Crippen LogP contribution in [0.1, 0.15) is 38.2 Å². The number of hydrogen-bond acceptors (Lipinski definition) is 2. The lowest BCUT2D eigenvalue weighted by Crippen LogP contribution is -2.39. The third-order valence-corrected chi connectivity index (χ3v) is 5.48. The monoisotopic (exact) mass is 272 g/mol. The van der Waals surface area contributed by atoms with Gasteiger partial charge in [0.05, 0.1) is 0 Å². The fourth-order valence-electron chi connectivity index (χ4n) is 4.27. The Morgan fingerprint density at radius 1 is 1.20 bits per heavy atom. The average molecular weight is 272 g/mol. The van der Waals surface area contributed by atoms with Crippen molar-refractivity contribution < 1.29 is 0 Å². The van der Waals surface area contributed by atoms with Crippen LogP contribution in [0.2, 0.25) is 0 Å². The van der Waals surface area contributed by atoms with Gasteiger partial charge >= 0.3 is 0 Å². The molecule has 1 saturated heterocycles. The maximum atomic E-state index is 6.35. The van der Waals surface area contributed by atoms with E-state index in [4.69, 9.17) is 5.73 Å². The van der Waals surface area contributed by atoms with Gasteiger partial charge in [-0.15, -0.1) is 0 Å². The maximum Gasteiger partial charge on any atom is 0.0133 e. The van der Waals surface area contributed by atoms with Gasteiger partial charge in [0.25, 0.3) is 0 Å². The Morgan fingerprint density at radius 3 is 2.70 bits per heavy atom. The SMILES string of the molecule is CCC(Cc1ccccc1)N1CC2CCCC(N)C2C1. The summed E-state index contributed by atoms with van der Waals surface area (Å²) in [6.45, 7) is 4.84. The molecule has 2 fully saturated rings. The quantitative estimate of drug-likeness (QED) is 0.912. The minimum absolute atomic E-state index is 0.452. The number of nitrogens with two attached hydrogens (primary N) is 1. The Kier molecular flexibility index (Phi) is 4.42. The minimum atomic E-state index is 0.452. The molecule has 1 heterocycles. The van der Waals surface area contributed by atoms with Crippen molar-refractivity contribution in [1.29, 1.82) is 0 Å². The van der Waals surface area contributed by atoms with E-state index in [1.165, 1.54) is 50.8 Å². The molecular weight excluding hydrogens is 244 g/mol. The van der Waals surface area contributed by atoms with Crippen LogP contribution in [0, 0.1) is 11.8 Å². The van der Waals surface area contributed by atoms with Crippen molar-refractivity contribution in [1.82, 2.24) is 4.90 Å². The number of likely N-dealkylation sites (tertiary alicyclic amines) is 1. The van der Waals surface area contributed by atoms with Crippen LogP contribution in [0.25, 0.3) is 0 Å². The zero-order valence-electron chi connectivity index (χ0n) is 12.7. The van der Waals surface area contributed by atoms with Crippen LogP contribution in [0.15, 0.2) is 30.3 Å². The molecule has 1 saturated carbocycles. The van der Waals surface area contributed by atoms with Crippen LogP contribution in [0.5, 0.6) is 0 Å². The zero-order valence-corrected chi connectivity index (χ0v) is 12.7. The molecule has 0 amide bonds. The summed E-state index contributed by atoms with van der Waals surface area (Å²) in [5, 5.41) is 0. The largest absolute Gasteiger partial charge is 0.327 e. The molecule has 0 radical (unpaired) electrons. The van der Waals surface area contributed by atoms with Crippen molar-refractivity contribution in [2.75, 3.05) is 13.1 Å². The first-order valence-corrected chi connectivity index (χ1v) is 8.31. The van der Waals surface area contributed by atoms with Crippen molar-refractivity contribution in [3.8, 4) is 0 Å². The van der Waals surface area contributed by atoms with E-state index in [2.05, 4.69) is 42.2 Å². The maximum absolute atomic E-state index is 6.35. The van der Waals surface area contributed by atoms with Crippen LogP contribution < -0.4 is 5.73 Å². The second kappa shape index (κ2) is 6.28. The summed E-state index contributed by atoms with van der Waals surface area (Å²) >= 11 is 0. The minimum Gasteiger partial charge on any atom is -0.327 e. The summed E-state index contributed by atoms with van der Waals surface area (Å²) in [5.41, 5.74) is 7.82. The van der Waals surface area contributed by atoms with Crippen LogP contribution in [-0.2, 0) is 6.42 Å². The van der Waals surface area contributed by atoms with E-state index in [1.807, 2.05) is 0 Å². The molecule has 2 nitrogen and oxygen atoms in total.